The van der Waals surface area contributed by atoms with Crippen molar-refractivity contribution in [2.75, 3.05) is 6.61 Å². The lowest BCUT2D eigenvalue weighted by atomic mass is 9.80. The smallest absolute Gasteiger partial charge is 0.312 e. The molecule has 0 spiro atoms. The molecule has 0 aliphatic rings. The van der Waals surface area contributed by atoms with Crippen molar-refractivity contribution in [1.29, 1.82) is 0 Å². The average Bonchev–Trinajstić information content (AvgIpc) is 2.28. The van der Waals surface area contributed by atoms with Gasteiger partial charge in [-0.25, -0.2) is 8.78 Å². The summed E-state index contributed by atoms with van der Waals surface area (Å²) in [4.78, 5) is 11.8. The first-order valence-corrected chi connectivity index (χ1v) is 6.19. The van der Waals surface area contributed by atoms with E-state index in [2.05, 4.69) is 0 Å². The van der Waals surface area contributed by atoms with Crippen LogP contribution in [0.2, 0.25) is 0 Å². The van der Waals surface area contributed by atoms with E-state index in [0.29, 0.717) is 0 Å². The summed E-state index contributed by atoms with van der Waals surface area (Å²) in [5, 5.41) is 10.4. The zero-order valence-electron chi connectivity index (χ0n) is 11.2. The number of carbonyl (C=O) groups excluding carboxylic acids is 1. The first kappa shape index (κ1) is 15.6. The lowest BCUT2D eigenvalue weighted by Gasteiger charge is -2.31. The molecule has 1 aromatic carbocycles. The van der Waals surface area contributed by atoms with Crippen LogP contribution in [0.5, 0.6) is 0 Å². The Morgan fingerprint density at radius 3 is 2.32 bits per heavy atom. The van der Waals surface area contributed by atoms with E-state index in [1.54, 1.807) is 13.8 Å². The summed E-state index contributed by atoms with van der Waals surface area (Å²) in [5.41, 5.74) is -2.47. The Morgan fingerprint density at radius 1 is 1.37 bits per heavy atom. The van der Waals surface area contributed by atoms with Crippen LogP contribution in [-0.4, -0.2) is 17.7 Å². The maximum atomic E-state index is 13.7. The van der Waals surface area contributed by atoms with E-state index in [9.17, 15) is 18.7 Å². The van der Waals surface area contributed by atoms with Gasteiger partial charge < -0.3 is 9.84 Å². The van der Waals surface area contributed by atoms with E-state index in [-0.39, 0.29) is 13.0 Å². The molecule has 0 heterocycles. The van der Waals surface area contributed by atoms with Crippen molar-refractivity contribution < 1.29 is 23.4 Å². The number of carbonyl (C=O) groups is 1. The quantitative estimate of drug-likeness (QED) is 0.838. The van der Waals surface area contributed by atoms with Gasteiger partial charge in [0.25, 0.3) is 0 Å². The van der Waals surface area contributed by atoms with Crippen LogP contribution in [0, 0.1) is 17.6 Å². The van der Waals surface area contributed by atoms with E-state index in [4.69, 9.17) is 4.74 Å². The zero-order valence-corrected chi connectivity index (χ0v) is 11.2. The largest absolute Gasteiger partial charge is 0.466 e. The summed E-state index contributed by atoms with van der Waals surface area (Å²) in [7, 11) is 0. The third kappa shape index (κ3) is 3.10. The predicted molar refractivity (Wildman–Crippen MR) is 66.3 cm³/mol. The average molecular weight is 272 g/mol. The van der Waals surface area contributed by atoms with Gasteiger partial charge in [0.1, 0.15) is 17.2 Å². The van der Waals surface area contributed by atoms with Crippen LogP contribution in [0.3, 0.4) is 0 Å². The van der Waals surface area contributed by atoms with Crippen LogP contribution in [0.4, 0.5) is 8.78 Å². The molecular formula is C14H18F2O3. The van der Waals surface area contributed by atoms with Gasteiger partial charge >= 0.3 is 5.97 Å². The van der Waals surface area contributed by atoms with Gasteiger partial charge in [0.05, 0.1) is 18.1 Å². The monoisotopic (exact) mass is 272 g/mol. The number of esters is 1. The van der Waals surface area contributed by atoms with E-state index < -0.39 is 34.7 Å². The summed E-state index contributed by atoms with van der Waals surface area (Å²) in [6.07, 6.45) is 0.208. The fourth-order valence-corrected chi connectivity index (χ4v) is 2.19. The van der Waals surface area contributed by atoms with Gasteiger partial charge in [0.2, 0.25) is 0 Å². The highest BCUT2D eigenvalue weighted by Gasteiger charge is 2.42. The zero-order chi connectivity index (χ0) is 14.6. The van der Waals surface area contributed by atoms with Gasteiger partial charge in [-0.2, -0.15) is 0 Å². The van der Waals surface area contributed by atoms with E-state index in [1.165, 1.54) is 13.0 Å². The van der Waals surface area contributed by atoms with Crippen LogP contribution in [0.15, 0.2) is 18.2 Å². The molecule has 0 aliphatic heterocycles. The molecule has 1 N–H and O–H groups in total. The van der Waals surface area contributed by atoms with E-state index in [0.717, 1.165) is 12.1 Å². The summed E-state index contributed by atoms with van der Waals surface area (Å²) in [6, 6.07) is 3.30. The van der Waals surface area contributed by atoms with Crippen molar-refractivity contribution in [3.63, 3.8) is 0 Å². The Hall–Kier alpha value is -1.49. The van der Waals surface area contributed by atoms with Crippen LogP contribution in [0.1, 0.15) is 32.8 Å². The second kappa shape index (κ2) is 6.10. The minimum Gasteiger partial charge on any atom is -0.466 e. The lowest BCUT2D eigenvalue weighted by molar-refractivity contribution is -0.158. The summed E-state index contributed by atoms with van der Waals surface area (Å²) in [6.45, 7) is 4.64. The highest BCUT2D eigenvalue weighted by Crippen LogP contribution is 2.35. The highest BCUT2D eigenvalue weighted by atomic mass is 19.1. The third-order valence-corrected chi connectivity index (χ3v) is 3.13. The van der Waals surface area contributed by atoms with Gasteiger partial charge in [0.15, 0.2) is 0 Å². The Bertz CT molecular complexity index is 438. The van der Waals surface area contributed by atoms with Crippen LogP contribution < -0.4 is 0 Å². The molecule has 2 atom stereocenters. The van der Waals surface area contributed by atoms with Gasteiger partial charge in [-0.05, 0) is 32.4 Å². The molecule has 0 saturated carbocycles. The first-order valence-electron chi connectivity index (χ1n) is 6.19. The fourth-order valence-electron chi connectivity index (χ4n) is 2.19. The van der Waals surface area contributed by atoms with Gasteiger partial charge in [0, 0.05) is 0 Å². The SMILES string of the molecule is CCOC(=O)C(CC)C(C)(O)c1c(F)cccc1F. The van der Waals surface area contributed by atoms with Crippen molar-refractivity contribution in [2.24, 2.45) is 5.92 Å². The molecule has 19 heavy (non-hydrogen) atoms. The topological polar surface area (TPSA) is 46.5 Å². The Balaban J connectivity index is 3.24. The van der Waals surface area contributed by atoms with Gasteiger partial charge in [-0.15, -0.1) is 0 Å². The number of hydrogen-bond acceptors (Lipinski definition) is 3. The molecule has 2 unspecified atom stereocenters. The van der Waals surface area contributed by atoms with Crippen molar-refractivity contribution >= 4 is 5.97 Å². The van der Waals surface area contributed by atoms with E-state index in [1.807, 2.05) is 0 Å². The molecule has 5 heteroatoms. The van der Waals surface area contributed by atoms with Gasteiger partial charge in [-0.3, -0.25) is 4.79 Å². The number of hydrogen-bond donors (Lipinski definition) is 1. The van der Waals surface area contributed by atoms with Crippen molar-refractivity contribution in [2.45, 2.75) is 32.8 Å². The summed E-state index contributed by atoms with van der Waals surface area (Å²) < 4.78 is 32.3. The molecule has 0 aliphatic carbocycles. The maximum Gasteiger partial charge on any atom is 0.312 e. The molecule has 1 rings (SSSR count). The molecule has 0 radical (unpaired) electrons. The molecule has 3 nitrogen and oxygen atoms in total. The summed E-state index contributed by atoms with van der Waals surface area (Å²) >= 11 is 0. The normalized spacial score (nSPS) is 15.7. The number of rotatable bonds is 5. The van der Waals surface area contributed by atoms with Gasteiger partial charge in [-0.1, -0.05) is 13.0 Å². The van der Waals surface area contributed by atoms with Crippen LogP contribution in [0.25, 0.3) is 0 Å². The fraction of sp³-hybridized carbons (Fsp3) is 0.500. The minimum absolute atomic E-state index is 0.144. The summed E-state index contributed by atoms with van der Waals surface area (Å²) in [5.74, 6) is -3.46. The Labute approximate surface area is 111 Å². The minimum atomic E-state index is -1.96. The second-order valence-electron chi connectivity index (χ2n) is 4.46. The van der Waals surface area contributed by atoms with Crippen LogP contribution in [-0.2, 0) is 15.1 Å². The number of halogens is 2. The maximum absolute atomic E-state index is 13.7. The molecular weight excluding hydrogens is 254 g/mol. The van der Waals surface area contributed by atoms with Crippen molar-refractivity contribution in [3.8, 4) is 0 Å². The number of ether oxygens (including phenoxy) is 1. The molecule has 1 aromatic rings. The molecule has 0 saturated heterocycles. The molecule has 0 aromatic heterocycles. The Morgan fingerprint density at radius 2 is 1.89 bits per heavy atom. The predicted octanol–water partition coefficient (Wildman–Crippen LogP) is 2.76. The standard InChI is InChI=1S/C14H18F2O3/c1-4-9(13(17)19-5-2)14(3,18)12-10(15)7-6-8-11(12)16/h6-9,18H,4-5H2,1-3H3. The lowest BCUT2D eigenvalue weighted by Crippen LogP contribution is -2.39. The van der Waals surface area contributed by atoms with E-state index >= 15 is 0 Å². The second-order valence-corrected chi connectivity index (χ2v) is 4.46. The third-order valence-electron chi connectivity index (χ3n) is 3.13. The Kier molecular flexibility index (Phi) is 5.00. The molecule has 106 valence electrons. The number of aliphatic hydroxyl groups is 1. The van der Waals surface area contributed by atoms with Crippen LogP contribution >= 0.6 is 0 Å². The van der Waals surface area contributed by atoms with Crippen molar-refractivity contribution in [3.05, 3.63) is 35.4 Å². The first-order chi connectivity index (χ1) is 8.86. The highest BCUT2D eigenvalue weighted by molar-refractivity contribution is 5.74. The molecule has 0 amide bonds. The molecule has 0 fully saturated rings. The molecule has 0 bridgehead atoms. The van der Waals surface area contributed by atoms with Crippen molar-refractivity contribution in [1.82, 2.24) is 0 Å². The number of benzene rings is 1.